The molecule has 8 aromatic rings. The van der Waals surface area contributed by atoms with Gasteiger partial charge in [-0.15, -0.1) is 0 Å². The molecule has 0 unspecified atom stereocenters. The monoisotopic (exact) mass is 922 g/mol. The van der Waals surface area contributed by atoms with Gasteiger partial charge in [0.15, 0.2) is 0 Å². The van der Waals surface area contributed by atoms with Crippen molar-refractivity contribution in [1.82, 2.24) is 0 Å². The fourth-order valence-electron chi connectivity index (χ4n) is 8.93. The van der Waals surface area contributed by atoms with Gasteiger partial charge in [0.2, 0.25) is 8.01 Å². The highest BCUT2D eigenvalue weighted by molar-refractivity contribution is 7.36. The molecule has 0 atom stereocenters. The molecule has 0 amide bonds. The third kappa shape index (κ3) is 9.60. The highest BCUT2D eigenvalue weighted by atomic mass is 31.1. The van der Waals surface area contributed by atoms with Crippen molar-refractivity contribution >= 4 is 60.1 Å². The summed E-state index contributed by atoms with van der Waals surface area (Å²) in [6.45, 7) is 35.9. The molecule has 0 N–H and O–H groups in total. The highest BCUT2D eigenvalue weighted by Gasteiger charge is 2.27. The van der Waals surface area contributed by atoms with Crippen LogP contribution >= 0.6 is 16.3 Å². The maximum atomic E-state index is 7.06. The molecule has 8 heteroatoms. The molecule has 346 valence electrons. The first kappa shape index (κ1) is 47.2. The van der Waals surface area contributed by atoms with E-state index in [1.165, 1.54) is 33.4 Å². The Hall–Kier alpha value is -5.28. The molecule has 0 saturated heterocycles. The number of benzene rings is 6. The van der Waals surface area contributed by atoms with Crippen LogP contribution in [-0.2, 0) is 27.8 Å². The lowest BCUT2D eigenvalue weighted by atomic mass is 9.83. The zero-order chi connectivity index (χ0) is 47.7. The van der Waals surface area contributed by atoms with E-state index in [0.29, 0.717) is 18.5 Å². The van der Waals surface area contributed by atoms with E-state index in [4.69, 9.17) is 26.0 Å². The van der Waals surface area contributed by atoms with Gasteiger partial charge in [-0.1, -0.05) is 144 Å². The van der Waals surface area contributed by atoms with Crippen molar-refractivity contribution in [1.29, 1.82) is 0 Å². The molecule has 2 aromatic heterocycles. The maximum Gasteiger partial charge on any atom is 0.453 e. The summed E-state index contributed by atoms with van der Waals surface area (Å²) in [4.78, 5) is 0. The molecule has 6 nitrogen and oxygen atoms in total. The van der Waals surface area contributed by atoms with Crippen molar-refractivity contribution in [2.75, 3.05) is 6.61 Å². The average Bonchev–Trinajstić information content (AvgIpc) is 3.46. The van der Waals surface area contributed by atoms with E-state index in [-0.39, 0.29) is 21.7 Å². The van der Waals surface area contributed by atoms with Crippen LogP contribution in [-0.4, -0.2) is 6.61 Å². The predicted molar refractivity (Wildman–Crippen MR) is 280 cm³/mol. The molecule has 66 heavy (non-hydrogen) atoms. The summed E-state index contributed by atoms with van der Waals surface area (Å²) in [6, 6.07) is 34.2. The zero-order valence-electron chi connectivity index (χ0n) is 42.0. The Morgan fingerprint density at radius 1 is 0.409 bits per heavy atom. The van der Waals surface area contributed by atoms with E-state index < -0.39 is 16.3 Å². The van der Waals surface area contributed by atoms with Gasteiger partial charge in [0.1, 0.15) is 40.4 Å². The molecular weight excluding hydrogens is 855 g/mol. The minimum Gasteiger partial charge on any atom is -0.492 e. The largest absolute Gasteiger partial charge is 0.492 e. The fraction of sp³-hybridized carbons (Fsp3) is 0.379. The lowest BCUT2D eigenvalue weighted by Crippen LogP contribution is -2.12. The second kappa shape index (κ2) is 17.4. The van der Waals surface area contributed by atoms with Crippen molar-refractivity contribution in [2.45, 2.75) is 139 Å². The molecular formula is C58H68O6P2. The smallest absolute Gasteiger partial charge is 0.453 e. The van der Waals surface area contributed by atoms with Crippen LogP contribution in [0.4, 0.5) is 0 Å². The first-order valence-corrected chi connectivity index (χ1v) is 25.7. The standard InChI is InChI=1S/C58H68O6P2/c1-35-27-41-42-28-36(2)32-46(56(8,9)10)52(42)62-65(61-51(41)45(31-35)55(5,6)7)26-25-59-49-23-19-17-21-39(49)40-22-18-20-24-50(40)60-66-63-53-43(29-37(3)33-47(53)57(11,12)13)44-30-38(4)34-48(54(44)64-66)58(14,15)16/h17-24,27-34H,25-26H2,1-16H3. The van der Waals surface area contributed by atoms with Crippen molar-refractivity contribution < 1.29 is 26.0 Å². The van der Waals surface area contributed by atoms with Crippen molar-refractivity contribution in [3.63, 3.8) is 0 Å². The van der Waals surface area contributed by atoms with Crippen LogP contribution in [0.2, 0.25) is 0 Å². The van der Waals surface area contributed by atoms with Gasteiger partial charge < -0.3 is 26.0 Å². The number of ether oxygens (including phenoxy) is 1. The first-order chi connectivity index (χ1) is 30.9. The molecule has 0 bridgehead atoms. The second-order valence-corrected chi connectivity index (χ2v) is 24.8. The Morgan fingerprint density at radius 3 is 1.09 bits per heavy atom. The third-order valence-electron chi connectivity index (χ3n) is 12.2. The van der Waals surface area contributed by atoms with Crippen LogP contribution in [0.25, 0.3) is 55.0 Å². The van der Waals surface area contributed by atoms with E-state index in [0.717, 1.165) is 71.9 Å². The summed E-state index contributed by atoms with van der Waals surface area (Å²) in [5.41, 5.74) is 13.8. The van der Waals surface area contributed by atoms with E-state index in [9.17, 15) is 0 Å². The Bertz CT molecular complexity index is 3070. The van der Waals surface area contributed by atoms with E-state index in [1.807, 2.05) is 36.4 Å². The number of hydrogen-bond acceptors (Lipinski definition) is 6. The molecule has 0 aliphatic carbocycles. The summed E-state index contributed by atoms with van der Waals surface area (Å²) in [5, 5.41) is 4.22. The average molecular weight is 923 g/mol. The Labute approximate surface area is 393 Å². The van der Waals surface area contributed by atoms with Crippen LogP contribution < -0.4 is 9.26 Å². The Kier molecular flexibility index (Phi) is 12.5. The lowest BCUT2D eigenvalue weighted by Gasteiger charge is -2.21. The van der Waals surface area contributed by atoms with Gasteiger partial charge in [-0.3, -0.25) is 0 Å². The maximum absolute atomic E-state index is 7.06. The van der Waals surface area contributed by atoms with Crippen LogP contribution in [0.15, 0.2) is 114 Å². The molecule has 6 aromatic carbocycles. The van der Waals surface area contributed by atoms with E-state index >= 15 is 0 Å². The number of rotatable bonds is 7. The lowest BCUT2D eigenvalue weighted by molar-refractivity contribution is 0.330. The quantitative estimate of drug-likeness (QED) is 0.159. The van der Waals surface area contributed by atoms with Gasteiger partial charge in [-0.25, -0.2) is 0 Å². The number of aryl methyl sites for hydroxylation is 4. The van der Waals surface area contributed by atoms with E-state index in [2.05, 4.69) is 171 Å². The Balaban J connectivity index is 1.22. The number of para-hydroxylation sites is 2. The van der Waals surface area contributed by atoms with Gasteiger partial charge >= 0.3 is 8.24 Å². The molecule has 2 heterocycles. The molecule has 0 saturated carbocycles. The predicted octanol–water partition coefficient (Wildman–Crippen LogP) is 18.9. The van der Waals surface area contributed by atoms with Crippen LogP contribution in [0.5, 0.6) is 11.5 Å². The Morgan fingerprint density at radius 2 is 0.727 bits per heavy atom. The van der Waals surface area contributed by atoms with Crippen LogP contribution in [0.3, 0.4) is 0 Å². The summed E-state index contributed by atoms with van der Waals surface area (Å²) >= 11 is 0. The fourth-order valence-corrected chi connectivity index (χ4v) is 11.3. The van der Waals surface area contributed by atoms with Crippen molar-refractivity contribution in [3.05, 3.63) is 142 Å². The summed E-state index contributed by atoms with van der Waals surface area (Å²) in [6.07, 6.45) is 0.548. The van der Waals surface area contributed by atoms with E-state index in [1.54, 1.807) is 0 Å². The summed E-state index contributed by atoms with van der Waals surface area (Å²) < 4.78 is 41.9. The number of hydrogen-bond donors (Lipinski definition) is 0. The van der Waals surface area contributed by atoms with Crippen LogP contribution in [0, 0.1) is 27.7 Å². The normalized spacial score (nSPS) is 12.7. The van der Waals surface area contributed by atoms with Gasteiger partial charge in [0.25, 0.3) is 0 Å². The van der Waals surface area contributed by atoms with Gasteiger partial charge in [0.05, 0.1) is 6.16 Å². The summed E-state index contributed by atoms with van der Waals surface area (Å²) in [5.74, 6) is 1.37. The van der Waals surface area contributed by atoms with Gasteiger partial charge in [-0.2, -0.15) is 0 Å². The SMILES string of the molecule is Cc1cc(C(C)(C)C)c2op(CCOc3ccccc3-c3ccccc3Op3oc4c(C(C)(C)C)cc(C)cc4c4cc(C)cc(C(C)(C)C)c4o3)oc3c(C(C)(C)C)cc(C)cc3c2c1. The van der Waals surface area contributed by atoms with Crippen LogP contribution in [0.1, 0.15) is 128 Å². The minimum absolute atomic E-state index is 0.147. The topological polar surface area (TPSA) is 71.0 Å². The molecule has 0 radical (unpaired) electrons. The zero-order valence-corrected chi connectivity index (χ0v) is 43.8. The minimum atomic E-state index is -1.97. The summed E-state index contributed by atoms with van der Waals surface area (Å²) in [7, 11) is -3.42. The second-order valence-electron chi connectivity index (χ2n) is 22.3. The van der Waals surface area contributed by atoms with Crippen molar-refractivity contribution in [3.8, 4) is 22.6 Å². The van der Waals surface area contributed by atoms with Gasteiger partial charge in [0, 0.05) is 54.9 Å². The molecule has 0 spiro atoms. The molecule has 0 aliphatic heterocycles. The number of fused-ring (bicyclic) bond motifs is 6. The molecule has 8 rings (SSSR count). The highest BCUT2D eigenvalue weighted by Crippen LogP contribution is 2.48. The van der Waals surface area contributed by atoms with Gasteiger partial charge in [-0.05, 0) is 108 Å². The molecule has 0 fully saturated rings. The van der Waals surface area contributed by atoms with Crippen molar-refractivity contribution in [2.24, 2.45) is 0 Å². The third-order valence-corrected chi connectivity index (χ3v) is 14.6. The molecule has 0 aliphatic rings. The first-order valence-electron chi connectivity index (χ1n) is 23.3.